The van der Waals surface area contributed by atoms with E-state index in [-0.39, 0.29) is 29.2 Å². The highest BCUT2D eigenvalue weighted by Gasteiger charge is 2.67. The molecule has 0 radical (unpaired) electrons. The average Bonchev–Trinajstić information content (AvgIpc) is 3.15. The molecule has 2 aliphatic rings. The van der Waals surface area contributed by atoms with Gasteiger partial charge in [-0.25, -0.2) is 8.42 Å². The Kier molecular flexibility index (Phi) is 6.59. The number of likely N-dealkylation sites (N-methyl/N-ethyl adjacent to an activating group) is 1. The molecular formula is C26H30N2O6S. The van der Waals surface area contributed by atoms with E-state index < -0.39 is 39.3 Å². The van der Waals surface area contributed by atoms with Gasteiger partial charge in [-0.05, 0) is 44.5 Å². The summed E-state index contributed by atoms with van der Waals surface area (Å²) in [6.07, 6.45) is -1.27. The zero-order valence-electron chi connectivity index (χ0n) is 20.4. The average molecular weight is 499 g/mol. The van der Waals surface area contributed by atoms with Crippen molar-refractivity contribution in [2.24, 2.45) is 0 Å². The number of ether oxygens (including phenoxy) is 1. The molecule has 3 atom stereocenters. The van der Waals surface area contributed by atoms with Crippen molar-refractivity contribution in [1.29, 1.82) is 0 Å². The number of rotatable bonds is 7. The lowest BCUT2D eigenvalue weighted by Crippen LogP contribution is -2.65. The van der Waals surface area contributed by atoms with Gasteiger partial charge in [0.05, 0.1) is 22.7 Å². The van der Waals surface area contributed by atoms with Crippen molar-refractivity contribution in [2.75, 3.05) is 24.5 Å². The molecule has 0 aromatic heterocycles. The Balaban J connectivity index is 2.00. The number of Topliss-reactive ketones (excluding diaryl/α,β-unsaturated/α-hetero) is 2. The number of methoxy groups -OCH3 is 1. The second-order valence-corrected chi connectivity index (χ2v) is 10.8. The predicted molar refractivity (Wildman–Crippen MR) is 131 cm³/mol. The van der Waals surface area contributed by atoms with Crippen LogP contribution >= 0.6 is 0 Å². The van der Waals surface area contributed by atoms with Crippen molar-refractivity contribution < 1.29 is 27.5 Å². The van der Waals surface area contributed by atoms with Crippen LogP contribution in [0.15, 0.2) is 53.4 Å². The largest absolute Gasteiger partial charge is 0.379 e. The summed E-state index contributed by atoms with van der Waals surface area (Å²) < 4.78 is 34.9. The third-order valence-electron chi connectivity index (χ3n) is 7.22. The Morgan fingerprint density at radius 3 is 2.29 bits per heavy atom. The van der Waals surface area contributed by atoms with Gasteiger partial charge >= 0.3 is 0 Å². The fourth-order valence-electron chi connectivity index (χ4n) is 5.49. The molecule has 4 rings (SSSR count). The van der Waals surface area contributed by atoms with Gasteiger partial charge in [0.2, 0.25) is 5.78 Å². The van der Waals surface area contributed by atoms with Crippen molar-refractivity contribution in [2.45, 2.75) is 56.1 Å². The monoisotopic (exact) mass is 498 g/mol. The Hall–Kier alpha value is -3.04. The number of benzene rings is 2. The van der Waals surface area contributed by atoms with E-state index in [2.05, 4.69) is 0 Å². The van der Waals surface area contributed by atoms with Gasteiger partial charge in [0.25, 0.3) is 15.9 Å². The van der Waals surface area contributed by atoms with Crippen LogP contribution in [0.1, 0.15) is 37.8 Å². The van der Waals surface area contributed by atoms with Gasteiger partial charge in [-0.15, -0.1) is 0 Å². The molecule has 0 N–H and O–H groups in total. The molecule has 2 aromatic carbocycles. The lowest BCUT2D eigenvalue weighted by Gasteiger charge is -2.45. The number of hydrogen-bond acceptors (Lipinski definition) is 6. The Bertz CT molecular complexity index is 1270. The van der Waals surface area contributed by atoms with E-state index in [1.165, 1.54) is 28.4 Å². The van der Waals surface area contributed by atoms with Crippen LogP contribution in [0, 0.1) is 6.92 Å². The number of fused-ring (bicyclic) bond motifs is 3. The van der Waals surface area contributed by atoms with Crippen LogP contribution < -0.4 is 4.31 Å². The van der Waals surface area contributed by atoms with E-state index in [1.807, 2.05) is 6.92 Å². The van der Waals surface area contributed by atoms with E-state index in [0.29, 0.717) is 18.7 Å². The maximum atomic E-state index is 14.1. The highest BCUT2D eigenvalue weighted by atomic mass is 32.2. The van der Waals surface area contributed by atoms with Crippen LogP contribution in [0.3, 0.4) is 0 Å². The van der Waals surface area contributed by atoms with E-state index in [9.17, 15) is 22.8 Å². The van der Waals surface area contributed by atoms with Crippen molar-refractivity contribution in [1.82, 2.24) is 4.90 Å². The molecule has 1 saturated carbocycles. The van der Waals surface area contributed by atoms with Gasteiger partial charge in [0, 0.05) is 33.0 Å². The van der Waals surface area contributed by atoms with Gasteiger partial charge in [0.1, 0.15) is 11.2 Å². The maximum Gasteiger partial charge on any atom is 0.291 e. The number of carbonyl (C=O) groups is 3. The first kappa shape index (κ1) is 25.1. The first-order valence-corrected chi connectivity index (χ1v) is 13.2. The highest BCUT2D eigenvalue weighted by Crippen LogP contribution is 2.54. The van der Waals surface area contributed by atoms with E-state index in [1.54, 1.807) is 50.2 Å². The number of sulfonamides is 1. The Labute approximate surface area is 205 Å². The fraction of sp³-hybridized carbons (Fsp3) is 0.423. The van der Waals surface area contributed by atoms with Crippen LogP contribution in [0.2, 0.25) is 0 Å². The topological polar surface area (TPSA) is 101 Å². The smallest absolute Gasteiger partial charge is 0.291 e. The molecule has 0 saturated heterocycles. The third kappa shape index (κ3) is 3.68. The minimum atomic E-state index is -4.17. The SMILES string of the molecule is CCN(CC)C(=O)C(=O)[C@]12c3ccccc3N(S(=O)(=O)c3ccc(C)cc3)[C@H]1CC(=O)C[C@@H]2OC. The van der Waals surface area contributed by atoms with Crippen molar-refractivity contribution >= 4 is 33.2 Å². The molecule has 8 nitrogen and oxygen atoms in total. The Morgan fingerprint density at radius 1 is 1.06 bits per heavy atom. The minimum absolute atomic E-state index is 0.0446. The zero-order chi connectivity index (χ0) is 25.5. The van der Waals surface area contributed by atoms with Gasteiger partial charge in [-0.2, -0.15) is 0 Å². The molecular weight excluding hydrogens is 468 g/mol. The second kappa shape index (κ2) is 9.20. The summed E-state index contributed by atoms with van der Waals surface area (Å²) in [5, 5.41) is 0. The molecule has 186 valence electrons. The quantitative estimate of drug-likeness (QED) is 0.544. The van der Waals surface area contributed by atoms with E-state index in [0.717, 1.165) is 5.56 Å². The summed E-state index contributed by atoms with van der Waals surface area (Å²) in [6, 6.07) is 12.0. The summed E-state index contributed by atoms with van der Waals surface area (Å²) in [6.45, 7) is 6.06. The maximum absolute atomic E-state index is 14.1. The predicted octanol–water partition coefficient (Wildman–Crippen LogP) is 2.63. The summed E-state index contributed by atoms with van der Waals surface area (Å²) in [5.41, 5.74) is -0.0649. The van der Waals surface area contributed by atoms with Gasteiger partial charge in [-0.1, -0.05) is 35.9 Å². The van der Waals surface area contributed by atoms with Crippen LogP contribution in [-0.4, -0.2) is 63.1 Å². The number of amides is 1. The molecule has 0 unspecified atom stereocenters. The molecule has 0 bridgehead atoms. The molecule has 0 spiro atoms. The number of anilines is 1. The molecule has 1 aliphatic carbocycles. The van der Waals surface area contributed by atoms with Crippen molar-refractivity contribution in [3.63, 3.8) is 0 Å². The molecule has 2 aromatic rings. The fourth-order valence-corrected chi connectivity index (χ4v) is 7.19. The summed E-state index contributed by atoms with van der Waals surface area (Å²) in [7, 11) is -2.79. The van der Waals surface area contributed by atoms with Crippen LogP contribution in [0.25, 0.3) is 0 Å². The lowest BCUT2D eigenvalue weighted by molar-refractivity contribution is -0.153. The Morgan fingerprint density at radius 2 is 1.69 bits per heavy atom. The van der Waals surface area contributed by atoms with Gasteiger partial charge in [0.15, 0.2) is 0 Å². The molecule has 9 heteroatoms. The van der Waals surface area contributed by atoms with E-state index in [4.69, 9.17) is 4.74 Å². The van der Waals surface area contributed by atoms with Crippen LogP contribution in [0.5, 0.6) is 0 Å². The van der Waals surface area contributed by atoms with Crippen LogP contribution in [0.4, 0.5) is 5.69 Å². The highest BCUT2D eigenvalue weighted by molar-refractivity contribution is 7.93. The normalized spacial score (nSPS) is 23.5. The third-order valence-corrected chi connectivity index (χ3v) is 9.06. The van der Waals surface area contributed by atoms with Gasteiger partial charge < -0.3 is 9.64 Å². The standard InChI is InChI=1S/C26H30N2O6S/c1-5-27(6-2)25(31)24(30)26-20-9-7-8-10-21(20)28(22(26)15-18(29)16-23(26)34-4)35(32,33)19-13-11-17(3)12-14-19/h7-14,22-23H,5-6,15-16H2,1-4H3/t22-,23-,26+/m0/s1. The number of hydrogen-bond donors (Lipinski definition) is 0. The van der Waals surface area contributed by atoms with E-state index >= 15 is 0 Å². The number of nitrogens with zero attached hydrogens (tertiary/aromatic N) is 2. The minimum Gasteiger partial charge on any atom is -0.379 e. The zero-order valence-corrected chi connectivity index (χ0v) is 21.2. The number of para-hydroxylation sites is 1. The summed E-state index contributed by atoms with van der Waals surface area (Å²) in [4.78, 5) is 41.9. The lowest BCUT2D eigenvalue weighted by atomic mass is 9.63. The summed E-state index contributed by atoms with van der Waals surface area (Å²) >= 11 is 0. The van der Waals surface area contributed by atoms with Crippen molar-refractivity contribution in [3.8, 4) is 0 Å². The summed E-state index contributed by atoms with van der Waals surface area (Å²) in [5.74, 6) is -1.68. The molecule has 35 heavy (non-hydrogen) atoms. The molecule has 1 fully saturated rings. The number of ketones is 2. The first-order valence-electron chi connectivity index (χ1n) is 11.7. The van der Waals surface area contributed by atoms with Crippen molar-refractivity contribution in [3.05, 3.63) is 59.7 Å². The molecule has 1 heterocycles. The number of aryl methyl sites for hydroxylation is 1. The van der Waals surface area contributed by atoms with Crippen LogP contribution in [-0.2, 0) is 34.6 Å². The molecule has 1 amide bonds. The first-order chi connectivity index (χ1) is 16.6. The van der Waals surface area contributed by atoms with Gasteiger partial charge in [-0.3, -0.25) is 18.7 Å². The molecule has 1 aliphatic heterocycles. The number of carbonyl (C=O) groups excluding carboxylic acids is 3. The second-order valence-electron chi connectivity index (χ2n) is 8.99.